The van der Waals surface area contributed by atoms with E-state index >= 15 is 0 Å². The zero-order chi connectivity index (χ0) is 16.1. The van der Waals surface area contributed by atoms with Crippen molar-refractivity contribution in [2.24, 2.45) is 5.73 Å². The molecule has 1 aliphatic carbocycles. The topological polar surface area (TPSA) is 83.7 Å². The van der Waals surface area contributed by atoms with Gasteiger partial charge in [0.25, 0.3) is 5.91 Å². The molecule has 6 nitrogen and oxygen atoms in total. The Bertz CT molecular complexity index is 598. The van der Waals surface area contributed by atoms with E-state index in [0.29, 0.717) is 5.75 Å². The van der Waals surface area contributed by atoms with Gasteiger partial charge in [-0.15, -0.1) is 0 Å². The van der Waals surface area contributed by atoms with Crippen molar-refractivity contribution < 1.29 is 18.8 Å². The number of primary amides is 1. The number of nitrogens with zero attached hydrogens (tertiary/aromatic N) is 1. The summed E-state index contributed by atoms with van der Waals surface area (Å²) < 4.78 is 17.7. The van der Waals surface area contributed by atoms with Gasteiger partial charge in [-0.05, 0) is 46.6 Å². The first kappa shape index (κ1) is 15.3. The van der Waals surface area contributed by atoms with Crippen LogP contribution in [0.5, 0.6) is 5.75 Å². The summed E-state index contributed by atoms with van der Waals surface area (Å²) in [7, 11) is -0.541. The molecule has 7 heteroatoms. The van der Waals surface area contributed by atoms with Crippen LogP contribution < -0.4 is 15.9 Å². The molecule has 1 aromatic rings. The molecule has 0 atom stereocenters. The van der Waals surface area contributed by atoms with Crippen LogP contribution in [0.1, 0.15) is 51.0 Å². The third-order valence-corrected chi connectivity index (χ3v) is 4.45. The Morgan fingerprint density at radius 2 is 1.91 bits per heavy atom. The summed E-state index contributed by atoms with van der Waals surface area (Å²) >= 11 is 0. The molecule has 2 aliphatic rings. The van der Waals surface area contributed by atoms with Crippen LogP contribution in [0.25, 0.3) is 0 Å². The van der Waals surface area contributed by atoms with Gasteiger partial charge >= 0.3 is 7.12 Å². The molecule has 3 rings (SSSR count). The summed E-state index contributed by atoms with van der Waals surface area (Å²) in [5.74, 6) is -0.196. The molecule has 1 amide bonds. The second-order valence-corrected chi connectivity index (χ2v) is 6.89. The fraction of sp³-hybridized carbons (Fsp3) is 0.600. The maximum atomic E-state index is 11.5. The lowest BCUT2D eigenvalue weighted by molar-refractivity contribution is 0.00578. The zero-order valence-corrected chi connectivity index (χ0v) is 13.4. The second kappa shape index (κ2) is 4.96. The van der Waals surface area contributed by atoms with Gasteiger partial charge in [0, 0.05) is 11.7 Å². The molecule has 22 heavy (non-hydrogen) atoms. The zero-order valence-electron chi connectivity index (χ0n) is 13.4. The van der Waals surface area contributed by atoms with Crippen LogP contribution in [-0.4, -0.2) is 35.3 Å². The third kappa shape index (κ3) is 2.70. The number of aromatic nitrogens is 1. The molecular weight excluding hydrogens is 283 g/mol. The first-order valence-corrected chi connectivity index (χ1v) is 7.52. The maximum Gasteiger partial charge on any atom is 0.496 e. The normalized spacial score (nSPS) is 22.6. The second-order valence-electron chi connectivity index (χ2n) is 6.89. The van der Waals surface area contributed by atoms with E-state index in [-0.39, 0.29) is 11.8 Å². The number of amides is 1. The van der Waals surface area contributed by atoms with E-state index in [0.717, 1.165) is 18.3 Å². The van der Waals surface area contributed by atoms with Crippen LogP contribution in [0, 0.1) is 0 Å². The lowest BCUT2D eigenvalue weighted by Crippen LogP contribution is -2.41. The van der Waals surface area contributed by atoms with Crippen molar-refractivity contribution in [1.82, 2.24) is 4.98 Å². The van der Waals surface area contributed by atoms with Crippen molar-refractivity contribution in [2.45, 2.75) is 57.8 Å². The van der Waals surface area contributed by atoms with E-state index in [9.17, 15) is 4.79 Å². The highest BCUT2D eigenvalue weighted by Crippen LogP contribution is 2.37. The van der Waals surface area contributed by atoms with E-state index < -0.39 is 24.2 Å². The number of carbonyl (C=O) groups is 1. The minimum Gasteiger partial charge on any atom is -0.488 e. The first-order chi connectivity index (χ1) is 10.2. The quantitative estimate of drug-likeness (QED) is 0.840. The minimum atomic E-state index is -0.601. The van der Waals surface area contributed by atoms with Crippen LogP contribution in [0.4, 0.5) is 0 Å². The maximum absolute atomic E-state index is 11.5. The smallest absolute Gasteiger partial charge is 0.488 e. The highest BCUT2D eigenvalue weighted by Gasteiger charge is 2.52. The Balaban J connectivity index is 1.90. The van der Waals surface area contributed by atoms with Crippen molar-refractivity contribution in [3.05, 3.63) is 18.0 Å². The van der Waals surface area contributed by atoms with Gasteiger partial charge in [-0.1, -0.05) is 0 Å². The molecule has 1 saturated carbocycles. The molecule has 0 spiro atoms. The van der Waals surface area contributed by atoms with E-state index in [4.69, 9.17) is 19.8 Å². The van der Waals surface area contributed by atoms with Crippen LogP contribution in [0.2, 0.25) is 0 Å². The molecule has 1 aromatic heterocycles. The number of pyridine rings is 1. The van der Waals surface area contributed by atoms with Gasteiger partial charge in [-0.25, -0.2) is 4.98 Å². The van der Waals surface area contributed by atoms with Crippen LogP contribution in [0.15, 0.2) is 12.3 Å². The van der Waals surface area contributed by atoms with Crippen molar-refractivity contribution in [3.8, 4) is 5.75 Å². The molecule has 0 aromatic carbocycles. The Morgan fingerprint density at radius 1 is 1.32 bits per heavy atom. The lowest BCUT2D eigenvalue weighted by atomic mass is 9.80. The standard InChI is InChI=1S/C15H21BN2O4/c1-14(2)15(3,4)22-16(21-14)9-7-11(20-10-5-6-10)12(13(17)19)18-8-9/h7-8,10H,5-6H2,1-4H3,(H2,17,19). The predicted molar refractivity (Wildman–Crippen MR) is 82.1 cm³/mol. The summed E-state index contributed by atoms with van der Waals surface area (Å²) in [5.41, 5.74) is 5.36. The van der Waals surface area contributed by atoms with Gasteiger partial charge in [-0.3, -0.25) is 4.79 Å². The number of hydrogen-bond donors (Lipinski definition) is 1. The molecule has 0 radical (unpaired) electrons. The molecule has 1 aliphatic heterocycles. The minimum absolute atomic E-state index is 0.146. The molecule has 1 saturated heterocycles. The van der Waals surface area contributed by atoms with Crippen molar-refractivity contribution in [3.63, 3.8) is 0 Å². The van der Waals surface area contributed by atoms with Crippen LogP contribution >= 0.6 is 0 Å². The Kier molecular flexibility index (Phi) is 3.45. The number of nitrogens with two attached hydrogens (primary N) is 1. The van der Waals surface area contributed by atoms with Crippen LogP contribution in [0.3, 0.4) is 0 Å². The lowest BCUT2D eigenvalue weighted by Gasteiger charge is -2.32. The van der Waals surface area contributed by atoms with Gasteiger partial charge in [0.2, 0.25) is 0 Å². The van der Waals surface area contributed by atoms with E-state index in [1.54, 1.807) is 12.3 Å². The number of carbonyl (C=O) groups excluding carboxylic acids is 1. The molecule has 2 fully saturated rings. The summed E-state index contributed by atoms with van der Waals surface area (Å²) in [6.07, 6.45) is 3.67. The SMILES string of the molecule is CC1(C)OB(c2cnc(C(N)=O)c(OC3CC3)c2)OC1(C)C. The van der Waals surface area contributed by atoms with Crippen molar-refractivity contribution in [1.29, 1.82) is 0 Å². The summed E-state index contributed by atoms with van der Waals surface area (Å²) in [6, 6.07) is 1.74. The van der Waals surface area contributed by atoms with Crippen molar-refractivity contribution in [2.75, 3.05) is 0 Å². The number of ether oxygens (including phenoxy) is 1. The number of hydrogen-bond acceptors (Lipinski definition) is 5. The average Bonchev–Trinajstić information content (AvgIpc) is 3.17. The van der Waals surface area contributed by atoms with Gasteiger partial charge in [0.15, 0.2) is 11.4 Å². The van der Waals surface area contributed by atoms with Crippen molar-refractivity contribution >= 4 is 18.5 Å². The van der Waals surface area contributed by atoms with Gasteiger partial charge in [-0.2, -0.15) is 0 Å². The highest BCUT2D eigenvalue weighted by atomic mass is 16.7. The predicted octanol–water partition coefficient (Wildman–Crippen LogP) is 1.02. The molecular formula is C15H21BN2O4. The summed E-state index contributed by atoms with van der Waals surface area (Å²) in [5, 5.41) is 0. The fourth-order valence-electron chi connectivity index (χ4n) is 2.21. The van der Waals surface area contributed by atoms with E-state index in [1.165, 1.54) is 0 Å². The average molecular weight is 304 g/mol. The fourth-order valence-corrected chi connectivity index (χ4v) is 2.21. The summed E-state index contributed by atoms with van der Waals surface area (Å²) in [6.45, 7) is 7.94. The van der Waals surface area contributed by atoms with Crippen LogP contribution in [-0.2, 0) is 9.31 Å². The first-order valence-electron chi connectivity index (χ1n) is 7.52. The molecule has 118 valence electrons. The van der Waals surface area contributed by atoms with Gasteiger partial charge in [0.1, 0.15) is 0 Å². The Labute approximate surface area is 130 Å². The molecule has 0 unspecified atom stereocenters. The monoisotopic (exact) mass is 304 g/mol. The molecule has 0 bridgehead atoms. The largest absolute Gasteiger partial charge is 0.496 e. The summed E-state index contributed by atoms with van der Waals surface area (Å²) in [4.78, 5) is 15.6. The highest BCUT2D eigenvalue weighted by molar-refractivity contribution is 6.62. The van der Waals surface area contributed by atoms with E-state index in [2.05, 4.69) is 4.98 Å². The number of rotatable bonds is 4. The molecule has 2 N–H and O–H groups in total. The Morgan fingerprint density at radius 3 is 2.41 bits per heavy atom. The van der Waals surface area contributed by atoms with Gasteiger partial charge < -0.3 is 19.8 Å². The Hall–Kier alpha value is -1.60. The van der Waals surface area contributed by atoms with E-state index in [1.807, 2.05) is 27.7 Å². The van der Waals surface area contributed by atoms with Gasteiger partial charge in [0.05, 0.1) is 17.3 Å². The molecule has 2 heterocycles. The third-order valence-electron chi connectivity index (χ3n) is 4.45.